The van der Waals surface area contributed by atoms with Crippen molar-refractivity contribution in [1.82, 2.24) is 0 Å². The smallest absolute Gasteiger partial charge is 0.150 e. The first-order valence-corrected chi connectivity index (χ1v) is 8.63. The number of ether oxygens (including phenoxy) is 2. The van der Waals surface area contributed by atoms with Crippen LogP contribution in [0.4, 0.5) is 0 Å². The number of benzene rings is 2. The van der Waals surface area contributed by atoms with Crippen molar-refractivity contribution in [3.8, 4) is 11.5 Å². The monoisotopic (exact) mass is 330 g/mol. The fourth-order valence-corrected chi connectivity index (χ4v) is 4.17. The predicted molar refractivity (Wildman–Crippen MR) is 97.0 cm³/mol. The standard InChI is InChI=1S/C19H23O3P/c1-5-19(2,23-18-9-7-6-8-14(18)13-20)16-12-15(21-3)10-11-17(16)22-4/h6-13,23H,5H2,1-4H3. The molecular weight excluding hydrogens is 307 g/mol. The third kappa shape index (κ3) is 3.73. The third-order valence-electron chi connectivity index (χ3n) is 4.21. The van der Waals surface area contributed by atoms with Gasteiger partial charge in [-0.3, -0.25) is 4.79 Å². The second kappa shape index (κ2) is 7.61. The lowest BCUT2D eigenvalue weighted by Gasteiger charge is -2.31. The molecule has 0 heterocycles. The van der Waals surface area contributed by atoms with Gasteiger partial charge in [-0.15, -0.1) is 0 Å². The Labute approximate surface area is 139 Å². The Morgan fingerprint density at radius 2 is 1.87 bits per heavy atom. The fraction of sp³-hybridized carbons (Fsp3) is 0.316. The van der Waals surface area contributed by atoms with E-state index in [1.54, 1.807) is 14.2 Å². The van der Waals surface area contributed by atoms with E-state index in [4.69, 9.17) is 9.47 Å². The number of methoxy groups -OCH3 is 2. The largest absolute Gasteiger partial charge is 0.497 e. The molecule has 23 heavy (non-hydrogen) atoms. The Balaban J connectivity index is 2.50. The summed E-state index contributed by atoms with van der Waals surface area (Å²) in [5.74, 6) is 1.67. The summed E-state index contributed by atoms with van der Waals surface area (Å²) in [6, 6.07) is 13.7. The SMILES string of the molecule is CCC(C)(Pc1ccccc1C=O)c1cc(OC)ccc1OC. The Morgan fingerprint density at radius 1 is 1.13 bits per heavy atom. The molecule has 2 rings (SSSR count). The summed E-state index contributed by atoms with van der Waals surface area (Å²) in [6.45, 7) is 4.37. The topological polar surface area (TPSA) is 35.5 Å². The summed E-state index contributed by atoms with van der Waals surface area (Å²) < 4.78 is 10.9. The van der Waals surface area contributed by atoms with Crippen molar-refractivity contribution in [2.75, 3.05) is 14.2 Å². The van der Waals surface area contributed by atoms with Crippen LogP contribution in [0.15, 0.2) is 42.5 Å². The van der Waals surface area contributed by atoms with Crippen LogP contribution < -0.4 is 14.8 Å². The Morgan fingerprint density at radius 3 is 2.48 bits per heavy atom. The normalized spacial score (nSPS) is 13.7. The van der Waals surface area contributed by atoms with Crippen molar-refractivity contribution in [1.29, 1.82) is 0 Å². The molecule has 0 aliphatic rings. The van der Waals surface area contributed by atoms with Gasteiger partial charge in [0.2, 0.25) is 0 Å². The highest BCUT2D eigenvalue weighted by Crippen LogP contribution is 2.48. The van der Waals surface area contributed by atoms with E-state index in [0.717, 1.165) is 40.6 Å². The van der Waals surface area contributed by atoms with E-state index < -0.39 is 0 Å². The number of carbonyl (C=O) groups excluding carboxylic acids is 1. The molecule has 0 radical (unpaired) electrons. The van der Waals surface area contributed by atoms with Crippen LogP contribution in [0, 0.1) is 0 Å². The molecule has 0 aliphatic heterocycles. The highest BCUT2D eigenvalue weighted by atomic mass is 31.1. The average molecular weight is 330 g/mol. The molecule has 0 aromatic heterocycles. The number of hydrogen-bond acceptors (Lipinski definition) is 3. The van der Waals surface area contributed by atoms with Gasteiger partial charge in [0.1, 0.15) is 11.5 Å². The molecule has 122 valence electrons. The van der Waals surface area contributed by atoms with E-state index in [2.05, 4.69) is 13.8 Å². The van der Waals surface area contributed by atoms with Crippen LogP contribution in [-0.4, -0.2) is 20.5 Å². The van der Waals surface area contributed by atoms with Crippen LogP contribution in [0.25, 0.3) is 0 Å². The molecule has 0 aliphatic carbocycles. The molecule has 2 aromatic carbocycles. The molecule has 0 spiro atoms. The van der Waals surface area contributed by atoms with Gasteiger partial charge in [0.25, 0.3) is 0 Å². The number of carbonyl (C=O) groups is 1. The summed E-state index contributed by atoms with van der Waals surface area (Å²) in [6.07, 6.45) is 1.86. The highest BCUT2D eigenvalue weighted by Gasteiger charge is 2.29. The van der Waals surface area contributed by atoms with Gasteiger partial charge in [0, 0.05) is 16.3 Å². The lowest BCUT2D eigenvalue weighted by atomic mass is 9.96. The molecular formula is C19H23O3P. The quantitative estimate of drug-likeness (QED) is 0.565. The summed E-state index contributed by atoms with van der Waals surface area (Å²) in [5, 5.41) is 0.954. The molecule has 2 unspecified atom stereocenters. The maximum absolute atomic E-state index is 11.3. The van der Waals surface area contributed by atoms with Crippen LogP contribution in [0.5, 0.6) is 11.5 Å². The molecule has 0 bridgehead atoms. The summed E-state index contributed by atoms with van der Waals surface area (Å²) >= 11 is 0. The number of rotatable bonds is 7. The lowest BCUT2D eigenvalue weighted by molar-refractivity contribution is 0.112. The van der Waals surface area contributed by atoms with Gasteiger partial charge in [-0.1, -0.05) is 46.7 Å². The maximum atomic E-state index is 11.3. The number of hydrogen-bond donors (Lipinski definition) is 0. The zero-order chi connectivity index (χ0) is 16.9. The molecule has 0 saturated carbocycles. The maximum Gasteiger partial charge on any atom is 0.150 e. The van der Waals surface area contributed by atoms with Gasteiger partial charge in [0.05, 0.1) is 14.2 Å². The molecule has 3 nitrogen and oxygen atoms in total. The van der Waals surface area contributed by atoms with Gasteiger partial charge in [-0.2, -0.15) is 0 Å². The van der Waals surface area contributed by atoms with Gasteiger partial charge in [-0.25, -0.2) is 0 Å². The molecule has 0 saturated heterocycles. The second-order valence-corrected chi connectivity index (χ2v) is 7.47. The fourth-order valence-electron chi connectivity index (χ4n) is 2.60. The van der Waals surface area contributed by atoms with E-state index in [1.807, 2.05) is 42.5 Å². The number of aldehydes is 1. The zero-order valence-electron chi connectivity index (χ0n) is 14.1. The molecule has 0 N–H and O–H groups in total. The zero-order valence-corrected chi connectivity index (χ0v) is 15.1. The molecule has 0 amide bonds. The van der Waals surface area contributed by atoms with E-state index >= 15 is 0 Å². The van der Waals surface area contributed by atoms with Gasteiger partial charge >= 0.3 is 0 Å². The minimum atomic E-state index is -0.126. The molecule has 2 atom stereocenters. The van der Waals surface area contributed by atoms with Crippen LogP contribution in [0.2, 0.25) is 0 Å². The summed E-state index contributed by atoms with van der Waals surface area (Å²) in [5.41, 5.74) is 1.87. The van der Waals surface area contributed by atoms with Crippen molar-refractivity contribution in [2.24, 2.45) is 0 Å². The summed E-state index contributed by atoms with van der Waals surface area (Å²) in [7, 11) is 3.81. The van der Waals surface area contributed by atoms with Crippen LogP contribution >= 0.6 is 8.58 Å². The van der Waals surface area contributed by atoms with E-state index in [-0.39, 0.29) is 5.16 Å². The third-order valence-corrected chi connectivity index (χ3v) is 6.11. The Kier molecular flexibility index (Phi) is 5.79. The van der Waals surface area contributed by atoms with Crippen molar-refractivity contribution in [3.63, 3.8) is 0 Å². The molecule has 2 aromatic rings. The van der Waals surface area contributed by atoms with Crippen molar-refractivity contribution >= 4 is 20.2 Å². The summed E-state index contributed by atoms with van der Waals surface area (Å²) in [4.78, 5) is 11.3. The van der Waals surface area contributed by atoms with Gasteiger partial charge in [0.15, 0.2) is 6.29 Å². The first kappa shape index (κ1) is 17.5. The van der Waals surface area contributed by atoms with E-state index in [1.165, 1.54) is 0 Å². The van der Waals surface area contributed by atoms with E-state index in [0.29, 0.717) is 8.58 Å². The average Bonchev–Trinajstić information content (AvgIpc) is 2.61. The molecule has 4 heteroatoms. The molecule has 0 fully saturated rings. The minimum absolute atomic E-state index is 0.126. The minimum Gasteiger partial charge on any atom is -0.497 e. The van der Waals surface area contributed by atoms with Gasteiger partial charge in [-0.05, 0) is 29.9 Å². The predicted octanol–water partition coefficient (Wildman–Crippen LogP) is 4.15. The van der Waals surface area contributed by atoms with Crippen molar-refractivity contribution in [3.05, 3.63) is 53.6 Å². The lowest BCUT2D eigenvalue weighted by Crippen LogP contribution is -2.20. The van der Waals surface area contributed by atoms with Crippen LogP contribution in [0.3, 0.4) is 0 Å². The van der Waals surface area contributed by atoms with Crippen molar-refractivity contribution < 1.29 is 14.3 Å². The van der Waals surface area contributed by atoms with Crippen molar-refractivity contribution in [2.45, 2.75) is 25.4 Å². The van der Waals surface area contributed by atoms with Crippen LogP contribution in [-0.2, 0) is 5.16 Å². The Bertz CT molecular complexity index is 684. The van der Waals surface area contributed by atoms with Crippen LogP contribution in [0.1, 0.15) is 36.2 Å². The van der Waals surface area contributed by atoms with Gasteiger partial charge < -0.3 is 9.47 Å². The van der Waals surface area contributed by atoms with E-state index in [9.17, 15) is 4.79 Å². The highest BCUT2D eigenvalue weighted by molar-refractivity contribution is 7.48. The first-order valence-electron chi connectivity index (χ1n) is 7.63. The second-order valence-electron chi connectivity index (χ2n) is 5.58. The first-order chi connectivity index (χ1) is 11.1. The Hall–Kier alpha value is -1.86.